The number of aromatic nitrogens is 2. The number of imidazole rings is 1. The topological polar surface area (TPSA) is 52.7 Å². The van der Waals surface area contributed by atoms with Gasteiger partial charge in [0.2, 0.25) is 0 Å². The third kappa shape index (κ3) is 1.68. The molecule has 0 bridgehead atoms. The summed E-state index contributed by atoms with van der Waals surface area (Å²) in [6.45, 7) is 2.27. The minimum absolute atomic E-state index is 0.480. The monoisotopic (exact) mass is 206 g/mol. The van der Waals surface area contributed by atoms with Gasteiger partial charge in [0.15, 0.2) is 0 Å². The van der Waals surface area contributed by atoms with Gasteiger partial charge >= 0.3 is 0 Å². The van der Waals surface area contributed by atoms with Gasteiger partial charge in [-0.15, -0.1) is 0 Å². The van der Waals surface area contributed by atoms with E-state index in [9.17, 15) is 0 Å². The van der Waals surface area contributed by atoms with E-state index in [0.29, 0.717) is 12.1 Å². The van der Waals surface area contributed by atoms with Crippen LogP contribution in [-0.4, -0.2) is 23.1 Å². The summed E-state index contributed by atoms with van der Waals surface area (Å²) in [5.74, 6) is 0. The lowest BCUT2D eigenvalue weighted by molar-refractivity contribution is 0.579. The van der Waals surface area contributed by atoms with Gasteiger partial charge in [0.25, 0.3) is 0 Å². The van der Waals surface area contributed by atoms with Crippen molar-refractivity contribution in [1.82, 2.24) is 20.6 Å². The molecule has 2 fully saturated rings. The van der Waals surface area contributed by atoms with E-state index in [2.05, 4.69) is 20.6 Å². The molecule has 0 saturated carbocycles. The molecule has 2 atom stereocenters. The molecule has 1 aromatic heterocycles. The molecule has 15 heavy (non-hydrogen) atoms. The molecule has 82 valence electrons. The summed E-state index contributed by atoms with van der Waals surface area (Å²) in [6.07, 6.45) is 6.85. The smallest absolute Gasteiger partial charge is 0.0926 e. The standard InChI is InChI=1S/C11H18N4/c1-3-8(12-5-1)10-11(15-7-14-10)9-4-2-6-13-9/h7-9,12-13H,1-6H2,(H,14,15)/t8-,9-/m0/s1. The van der Waals surface area contributed by atoms with E-state index in [0.717, 1.165) is 13.1 Å². The van der Waals surface area contributed by atoms with Gasteiger partial charge in [0, 0.05) is 6.04 Å². The molecular weight excluding hydrogens is 188 g/mol. The molecule has 0 spiro atoms. The summed E-state index contributed by atoms with van der Waals surface area (Å²) >= 11 is 0. The summed E-state index contributed by atoms with van der Waals surface area (Å²) < 4.78 is 0. The lowest BCUT2D eigenvalue weighted by Crippen LogP contribution is -2.19. The molecule has 2 aliphatic heterocycles. The lowest BCUT2D eigenvalue weighted by Gasteiger charge is -2.14. The SMILES string of the molecule is c1nc([C@@H]2CCCN2)c([C@@H]2CCCN2)[nH]1. The largest absolute Gasteiger partial charge is 0.347 e. The van der Waals surface area contributed by atoms with Gasteiger partial charge in [-0.3, -0.25) is 0 Å². The van der Waals surface area contributed by atoms with Crippen LogP contribution >= 0.6 is 0 Å². The van der Waals surface area contributed by atoms with E-state index in [1.165, 1.54) is 37.1 Å². The number of nitrogens with one attached hydrogen (secondary N) is 3. The van der Waals surface area contributed by atoms with E-state index in [1.54, 1.807) is 0 Å². The molecule has 3 rings (SSSR count). The predicted molar refractivity (Wildman–Crippen MR) is 58.5 cm³/mol. The number of hydrogen-bond acceptors (Lipinski definition) is 3. The maximum atomic E-state index is 4.48. The molecule has 0 aromatic carbocycles. The molecule has 3 heterocycles. The Morgan fingerprint density at radius 3 is 2.47 bits per heavy atom. The van der Waals surface area contributed by atoms with Crippen LogP contribution in [0.1, 0.15) is 49.2 Å². The minimum atomic E-state index is 0.480. The van der Waals surface area contributed by atoms with Gasteiger partial charge in [-0.2, -0.15) is 0 Å². The van der Waals surface area contributed by atoms with Gasteiger partial charge in [-0.1, -0.05) is 0 Å². The molecule has 0 aliphatic carbocycles. The quantitative estimate of drug-likeness (QED) is 0.683. The normalized spacial score (nSPS) is 31.2. The minimum Gasteiger partial charge on any atom is -0.347 e. The van der Waals surface area contributed by atoms with Crippen LogP contribution in [0.4, 0.5) is 0 Å². The van der Waals surface area contributed by atoms with Crippen molar-refractivity contribution >= 4 is 0 Å². The summed E-state index contributed by atoms with van der Waals surface area (Å²) in [5.41, 5.74) is 2.55. The average Bonchev–Trinajstić information content (AvgIpc) is 3.01. The molecule has 0 unspecified atom stereocenters. The van der Waals surface area contributed by atoms with E-state index < -0.39 is 0 Å². The van der Waals surface area contributed by atoms with E-state index in [4.69, 9.17) is 0 Å². The van der Waals surface area contributed by atoms with Crippen LogP contribution in [0, 0.1) is 0 Å². The number of aromatic amines is 1. The van der Waals surface area contributed by atoms with Crippen LogP contribution in [0.15, 0.2) is 6.33 Å². The summed E-state index contributed by atoms with van der Waals surface area (Å²) in [4.78, 5) is 7.80. The summed E-state index contributed by atoms with van der Waals surface area (Å²) in [5, 5.41) is 7.04. The molecule has 2 aliphatic rings. The first-order valence-corrected chi connectivity index (χ1v) is 5.95. The number of H-pyrrole nitrogens is 1. The zero-order valence-corrected chi connectivity index (χ0v) is 8.92. The van der Waals surface area contributed by atoms with Crippen molar-refractivity contribution in [3.05, 3.63) is 17.7 Å². The summed E-state index contributed by atoms with van der Waals surface area (Å²) in [7, 11) is 0. The van der Waals surface area contributed by atoms with E-state index in [-0.39, 0.29) is 0 Å². The van der Waals surface area contributed by atoms with Crippen molar-refractivity contribution in [2.45, 2.75) is 37.8 Å². The predicted octanol–water partition coefficient (Wildman–Crippen LogP) is 1.26. The van der Waals surface area contributed by atoms with Crippen LogP contribution < -0.4 is 10.6 Å². The van der Waals surface area contributed by atoms with Crippen LogP contribution in [0.25, 0.3) is 0 Å². The number of rotatable bonds is 2. The van der Waals surface area contributed by atoms with Gasteiger partial charge in [0.05, 0.1) is 23.8 Å². The second-order valence-electron chi connectivity index (χ2n) is 4.50. The second-order valence-corrected chi connectivity index (χ2v) is 4.50. The Balaban J connectivity index is 1.84. The van der Waals surface area contributed by atoms with Crippen LogP contribution in [0.5, 0.6) is 0 Å². The first-order chi connectivity index (χ1) is 7.45. The van der Waals surface area contributed by atoms with Crippen molar-refractivity contribution in [2.24, 2.45) is 0 Å². The Hall–Kier alpha value is -0.870. The van der Waals surface area contributed by atoms with Crippen molar-refractivity contribution in [3.8, 4) is 0 Å². The zero-order chi connectivity index (χ0) is 10.1. The van der Waals surface area contributed by atoms with Gasteiger partial charge in [-0.05, 0) is 38.8 Å². The molecule has 0 radical (unpaired) electrons. The lowest BCUT2D eigenvalue weighted by atomic mass is 10.0. The third-order valence-electron chi connectivity index (χ3n) is 3.50. The molecule has 4 nitrogen and oxygen atoms in total. The fourth-order valence-corrected chi connectivity index (χ4v) is 2.72. The Morgan fingerprint density at radius 2 is 1.80 bits per heavy atom. The Morgan fingerprint density at radius 1 is 1.07 bits per heavy atom. The van der Waals surface area contributed by atoms with E-state index in [1.807, 2.05) is 6.33 Å². The highest BCUT2D eigenvalue weighted by Crippen LogP contribution is 2.30. The van der Waals surface area contributed by atoms with Gasteiger partial charge in [-0.25, -0.2) is 4.98 Å². The first kappa shape index (κ1) is 9.36. The number of hydrogen-bond donors (Lipinski definition) is 3. The molecule has 0 amide bonds. The zero-order valence-electron chi connectivity index (χ0n) is 8.92. The molecule has 3 N–H and O–H groups in total. The Bertz CT molecular complexity index is 291. The molecule has 4 heteroatoms. The Labute approximate surface area is 89.9 Å². The van der Waals surface area contributed by atoms with Gasteiger partial charge < -0.3 is 15.6 Å². The highest BCUT2D eigenvalue weighted by Gasteiger charge is 2.26. The first-order valence-electron chi connectivity index (χ1n) is 5.95. The molecule has 2 saturated heterocycles. The van der Waals surface area contributed by atoms with Crippen molar-refractivity contribution in [1.29, 1.82) is 0 Å². The van der Waals surface area contributed by atoms with Gasteiger partial charge in [0.1, 0.15) is 0 Å². The maximum absolute atomic E-state index is 4.48. The van der Waals surface area contributed by atoms with Crippen molar-refractivity contribution < 1.29 is 0 Å². The highest BCUT2D eigenvalue weighted by molar-refractivity contribution is 5.21. The highest BCUT2D eigenvalue weighted by atomic mass is 15.0. The van der Waals surface area contributed by atoms with Crippen LogP contribution in [0.3, 0.4) is 0 Å². The molecular formula is C11H18N4. The average molecular weight is 206 g/mol. The maximum Gasteiger partial charge on any atom is 0.0926 e. The fourth-order valence-electron chi connectivity index (χ4n) is 2.72. The third-order valence-corrected chi connectivity index (χ3v) is 3.50. The Kier molecular flexibility index (Phi) is 2.46. The van der Waals surface area contributed by atoms with Crippen LogP contribution in [-0.2, 0) is 0 Å². The van der Waals surface area contributed by atoms with E-state index >= 15 is 0 Å². The number of nitrogens with zero attached hydrogens (tertiary/aromatic N) is 1. The second kappa shape index (κ2) is 3.94. The molecule has 1 aromatic rings. The van der Waals surface area contributed by atoms with Crippen molar-refractivity contribution in [3.63, 3.8) is 0 Å². The van der Waals surface area contributed by atoms with Crippen molar-refractivity contribution in [2.75, 3.05) is 13.1 Å². The summed E-state index contributed by atoms with van der Waals surface area (Å²) in [6, 6.07) is 0.985. The van der Waals surface area contributed by atoms with Crippen LogP contribution in [0.2, 0.25) is 0 Å². The fraction of sp³-hybridized carbons (Fsp3) is 0.727.